The van der Waals surface area contributed by atoms with Crippen LogP contribution in [0.3, 0.4) is 0 Å². The number of rotatable bonds is 6. The zero-order valence-corrected chi connectivity index (χ0v) is 10.6. The molecule has 0 aromatic carbocycles. The monoisotopic (exact) mass is 242 g/mol. The zero-order valence-electron chi connectivity index (χ0n) is 9.72. The van der Waals surface area contributed by atoms with E-state index in [9.17, 15) is 4.57 Å². The van der Waals surface area contributed by atoms with Crippen LogP contribution in [-0.4, -0.2) is 47.5 Å². The molecule has 0 atom stereocenters. The lowest BCUT2D eigenvalue weighted by Crippen LogP contribution is -2.21. The van der Waals surface area contributed by atoms with Crippen LogP contribution in [0, 0.1) is 0 Å². The molecule has 94 valence electrons. The molecule has 0 rings (SSSR count). The smallest absolute Gasteiger partial charge is 0.328 e. The molecule has 0 bridgehead atoms. The van der Waals surface area contributed by atoms with Crippen LogP contribution in [0.25, 0.3) is 0 Å². The molecule has 0 unspecified atom stereocenters. The van der Waals surface area contributed by atoms with E-state index in [2.05, 4.69) is 30.2 Å². The molecule has 0 amide bonds. The predicted octanol–water partition coefficient (Wildman–Crippen LogP) is 0.403. The van der Waals surface area contributed by atoms with Gasteiger partial charge in [0.15, 0.2) is 0 Å². The maximum Gasteiger partial charge on any atom is 0.469 e. The highest BCUT2D eigenvalue weighted by atomic mass is 31.2. The Hall–Kier alpha value is 0.0300. The summed E-state index contributed by atoms with van der Waals surface area (Å²) in [5, 5.41) is 0. The van der Waals surface area contributed by atoms with E-state index in [4.69, 9.17) is 15.5 Å². The highest BCUT2D eigenvalue weighted by Gasteiger charge is 2.11. The Kier molecular flexibility index (Phi) is 12.2. The van der Waals surface area contributed by atoms with Gasteiger partial charge in [-0.05, 0) is 19.6 Å². The first-order valence-electron chi connectivity index (χ1n) is 5.03. The van der Waals surface area contributed by atoms with Crippen molar-refractivity contribution in [3.63, 3.8) is 0 Å². The first kappa shape index (κ1) is 17.4. The number of phosphoric ester groups is 1. The molecule has 0 spiro atoms. The van der Waals surface area contributed by atoms with Gasteiger partial charge in [-0.15, -0.1) is 0 Å². The molecule has 0 aliphatic carbocycles. The van der Waals surface area contributed by atoms with Gasteiger partial charge in [-0.2, -0.15) is 0 Å². The van der Waals surface area contributed by atoms with Crippen LogP contribution >= 0.6 is 7.82 Å². The molecule has 0 aromatic rings. The maximum absolute atomic E-state index is 9.81. The van der Waals surface area contributed by atoms with Crippen LogP contribution in [0.2, 0.25) is 0 Å². The summed E-state index contributed by atoms with van der Waals surface area (Å²) < 4.78 is 13.7. The van der Waals surface area contributed by atoms with Crippen molar-refractivity contribution < 1.29 is 18.9 Å². The Labute approximate surface area is 91.7 Å². The third-order valence-corrected chi connectivity index (χ3v) is 2.24. The van der Waals surface area contributed by atoms with Gasteiger partial charge < -0.3 is 20.4 Å². The molecule has 15 heavy (non-hydrogen) atoms. The van der Waals surface area contributed by atoms with Gasteiger partial charge in [-0.1, -0.05) is 20.8 Å². The van der Waals surface area contributed by atoms with E-state index >= 15 is 0 Å². The fraction of sp³-hybridized carbons (Fsp3) is 1.00. The van der Waals surface area contributed by atoms with Crippen LogP contribution in [-0.2, 0) is 9.09 Å². The number of hydrogen-bond acceptors (Lipinski definition) is 4. The molecule has 0 saturated carbocycles. The average Bonchev–Trinajstić information content (AvgIpc) is 2.17. The van der Waals surface area contributed by atoms with Gasteiger partial charge in [-0.25, -0.2) is 4.57 Å². The van der Waals surface area contributed by atoms with Crippen molar-refractivity contribution in [1.82, 2.24) is 4.90 Å². The largest absolute Gasteiger partial charge is 0.469 e. The maximum atomic E-state index is 9.81. The fourth-order valence-electron chi connectivity index (χ4n) is 0.842. The predicted molar refractivity (Wildman–Crippen MR) is 60.5 cm³/mol. The molecular weight excluding hydrogens is 219 g/mol. The molecule has 0 saturated heterocycles. The molecule has 0 aromatic heterocycles. The second-order valence-corrected chi connectivity index (χ2v) is 3.97. The fourth-order valence-corrected chi connectivity index (χ4v) is 1.19. The van der Waals surface area contributed by atoms with Crippen molar-refractivity contribution in [3.8, 4) is 0 Å². The lowest BCUT2D eigenvalue weighted by molar-refractivity contribution is 0.202. The Bertz CT molecular complexity index is 165. The SMILES string of the molecule is CCN(CC)CC.NCCOP(=O)(O)O. The molecule has 0 heterocycles. The zero-order chi connectivity index (χ0) is 12.3. The third kappa shape index (κ3) is 16.7. The summed E-state index contributed by atoms with van der Waals surface area (Å²) >= 11 is 0. The van der Waals surface area contributed by atoms with Gasteiger partial charge in [0.05, 0.1) is 6.61 Å². The highest BCUT2D eigenvalue weighted by Crippen LogP contribution is 2.34. The molecule has 4 N–H and O–H groups in total. The van der Waals surface area contributed by atoms with Crippen molar-refractivity contribution in [2.45, 2.75) is 20.8 Å². The van der Waals surface area contributed by atoms with Crippen LogP contribution in [0.4, 0.5) is 0 Å². The summed E-state index contributed by atoms with van der Waals surface area (Å²) in [5.41, 5.74) is 4.87. The van der Waals surface area contributed by atoms with Gasteiger partial charge in [0.1, 0.15) is 0 Å². The van der Waals surface area contributed by atoms with Crippen molar-refractivity contribution in [3.05, 3.63) is 0 Å². The van der Waals surface area contributed by atoms with Crippen LogP contribution in [0.15, 0.2) is 0 Å². The Morgan fingerprint density at radius 3 is 1.67 bits per heavy atom. The Morgan fingerprint density at radius 2 is 1.60 bits per heavy atom. The highest BCUT2D eigenvalue weighted by molar-refractivity contribution is 7.46. The minimum Gasteiger partial charge on any atom is -0.328 e. The third-order valence-electron chi connectivity index (χ3n) is 1.72. The van der Waals surface area contributed by atoms with Gasteiger partial charge in [0, 0.05) is 6.54 Å². The molecule has 7 heteroatoms. The normalized spacial score (nSPS) is 11.1. The standard InChI is InChI=1S/C6H15N.C2H8NO4P/c1-4-7(5-2)6-3;3-1-2-7-8(4,5)6/h4-6H2,1-3H3;1-3H2,(H2,4,5,6). The van der Waals surface area contributed by atoms with Crippen LogP contribution in [0.5, 0.6) is 0 Å². The number of nitrogens with zero attached hydrogens (tertiary/aromatic N) is 1. The van der Waals surface area contributed by atoms with Crippen molar-refractivity contribution in [2.24, 2.45) is 5.73 Å². The van der Waals surface area contributed by atoms with Gasteiger partial charge in [0.2, 0.25) is 0 Å². The minimum absolute atomic E-state index is 0.107. The Morgan fingerprint density at radius 1 is 1.20 bits per heavy atom. The Balaban J connectivity index is 0. The van der Waals surface area contributed by atoms with E-state index in [-0.39, 0.29) is 13.2 Å². The molecule has 0 radical (unpaired) electrons. The summed E-state index contributed by atoms with van der Waals surface area (Å²) in [6, 6.07) is 0. The van der Waals surface area contributed by atoms with Crippen molar-refractivity contribution in [2.75, 3.05) is 32.8 Å². The summed E-state index contributed by atoms with van der Waals surface area (Å²) in [7, 11) is -4.26. The van der Waals surface area contributed by atoms with E-state index in [0.717, 1.165) is 0 Å². The molecule has 0 aliphatic heterocycles. The van der Waals surface area contributed by atoms with Gasteiger partial charge in [-0.3, -0.25) is 4.52 Å². The van der Waals surface area contributed by atoms with Gasteiger partial charge >= 0.3 is 7.82 Å². The van der Waals surface area contributed by atoms with E-state index < -0.39 is 7.82 Å². The number of phosphoric acid groups is 1. The molecular formula is C8H23N2O4P. The van der Waals surface area contributed by atoms with E-state index in [0.29, 0.717) is 0 Å². The van der Waals surface area contributed by atoms with Crippen LogP contribution < -0.4 is 5.73 Å². The topological polar surface area (TPSA) is 96.0 Å². The first-order valence-corrected chi connectivity index (χ1v) is 6.56. The second-order valence-electron chi connectivity index (χ2n) is 2.73. The van der Waals surface area contributed by atoms with E-state index in [1.165, 1.54) is 19.6 Å². The van der Waals surface area contributed by atoms with Gasteiger partial charge in [0.25, 0.3) is 0 Å². The number of nitrogens with two attached hydrogens (primary N) is 1. The first-order chi connectivity index (χ1) is 6.91. The van der Waals surface area contributed by atoms with Crippen LogP contribution in [0.1, 0.15) is 20.8 Å². The summed E-state index contributed by atoms with van der Waals surface area (Å²) in [4.78, 5) is 18.3. The average molecular weight is 242 g/mol. The van der Waals surface area contributed by atoms with E-state index in [1.54, 1.807) is 0 Å². The minimum atomic E-state index is -4.26. The van der Waals surface area contributed by atoms with Crippen molar-refractivity contribution in [1.29, 1.82) is 0 Å². The summed E-state index contributed by atoms with van der Waals surface area (Å²) in [5.74, 6) is 0. The molecule has 0 aliphatic rings. The molecule has 0 fully saturated rings. The van der Waals surface area contributed by atoms with E-state index in [1.807, 2.05) is 0 Å². The lowest BCUT2D eigenvalue weighted by atomic mass is 10.5. The lowest BCUT2D eigenvalue weighted by Gasteiger charge is -2.13. The quantitative estimate of drug-likeness (QED) is 0.583. The van der Waals surface area contributed by atoms with Crippen molar-refractivity contribution >= 4 is 7.82 Å². The second kappa shape index (κ2) is 10.5. The summed E-state index contributed by atoms with van der Waals surface area (Å²) in [6.45, 7) is 10.1. The summed E-state index contributed by atoms with van der Waals surface area (Å²) in [6.07, 6.45) is 0. The number of hydrogen-bond donors (Lipinski definition) is 3. The molecule has 6 nitrogen and oxygen atoms in total.